The van der Waals surface area contributed by atoms with Crippen LogP contribution >= 0.6 is 34.4 Å². The third-order valence-electron chi connectivity index (χ3n) is 2.94. The zero-order valence-corrected chi connectivity index (χ0v) is 13.7. The van der Waals surface area contributed by atoms with E-state index in [9.17, 15) is 0 Å². The normalized spacial score (nSPS) is 10.9. The Kier molecular flexibility index (Phi) is 4.19. The average Bonchev–Trinajstić information content (AvgIpc) is 3.09. The van der Waals surface area contributed by atoms with E-state index in [-0.39, 0.29) is 0 Å². The van der Waals surface area contributed by atoms with Gasteiger partial charge in [0.25, 0.3) is 0 Å². The maximum atomic E-state index is 4.72. The summed E-state index contributed by atoms with van der Waals surface area (Å²) in [7, 11) is 0. The lowest BCUT2D eigenvalue weighted by Crippen LogP contribution is -1.88. The molecule has 0 aliphatic rings. The highest BCUT2D eigenvalue weighted by Gasteiger charge is 2.07. The van der Waals surface area contributed by atoms with Gasteiger partial charge in [0, 0.05) is 27.6 Å². The smallest absolute Gasteiger partial charge is 0.0992 e. The van der Waals surface area contributed by atoms with Gasteiger partial charge in [-0.15, -0.1) is 34.4 Å². The lowest BCUT2D eigenvalue weighted by atomic mass is 10.2. The molecule has 0 saturated carbocycles. The van der Waals surface area contributed by atoms with Crippen molar-refractivity contribution in [2.45, 2.75) is 18.2 Å². The highest BCUT2D eigenvalue weighted by atomic mass is 32.2. The monoisotopic (exact) mass is 318 g/mol. The summed E-state index contributed by atoms with van der Waals surface area (Å²) < 4.78 is 0. The minimum absolute atomic E-state index is 0.831. The summed E-state index contributed by atoms with van der Waals surface area (Å²) in [5.74, 6) is 0. The summed E-state index contributed by atoms with van der Waals surface area (Å²) in [4.78, 5) is 10.5. The van der Waals surface area contributed by atoms with Crippen molar-refractivity contribution in [3.63, 3.8) is 0 Å². The molecule has 2 nitrogen and oxygen atoms in total. The van der Waals surface area contributed by atoms with E-state index in [1.807, 2.05) is 6.92 Å². The van der Waals surface area contributed by atoms with Crippen molar-refractivity contribution in [3.05, 3.63) is 50.7 Å². The van der Waals surface area contributed by atoms with Gasteiger partial charge in [-0.1, -0.05) is 12.1 Å². The molecule has 0 aliphatic carbocycles. The van der Waals surface area contributed by atoms with Crippen LogP contribution in [0.3, 0.4) is 0 Å². The van der Waals surface area contributed by atoms with Crippen molar-refractivity contribution in [3.8, 4) is 11.3 Å². The van der Waals surface area contributed by atoms with Crippen LogP contribution in [-0.2, 0) is 6.42 Å². The molecule has 0 fully saturated rings. The number of aryl methyl sites for hydroxylation is 1. The maximum Gasteiger partial charge on any atom is 0.0992 e. The van der Waals surface area contributed by atoms with Crippen molar-refractivity contribution >= 4 is 34.4 Å². The van der Waals surface area contributed by atoms with Crippen LogP contribution in [0.5, 0.6) is 0 Å². The quantitative estimate of drug-likeness (QED) is 0.641. The number of aromatic nitrogens is 2. The Morgan fingerprint density at radius 1 is 1.05 bits per heavy atom. The molecular formula is C15H14N2S3. The summed E-state index contributed by atoms with van der Waals surface area (Å²) in [6.45, 7) is 2.04. The number of nitrogens with zero attached hydrogens (tertiary/aromatic N) is 2. The van der Waals surface area contributed by atoms with Crippen LogP contribution in [0, 0.1) is 6.92 Å². The fraction of sp³-hybridized carbons (Fsp3) is 0.200. The Hall–Kier alpha value is -1.17. The summed E-state index contributed by atoms with van der Waals surface area (Å²) in [5.41, 5.74) is 3.36. The van der Waals surface area contributed by atoms with Gasteiger partial charge in [-0.25, -0.2) is 9.97 Å². The van der Waals surface area contributed by atoms with Crippen LogP contribution in [0.1, 0.15) is 15.7 Å². The van der Waals surface area contributed by atoms with Crippen LogP contribution < -0.4 is 0 Å². The standard InChI is InChI=1S/C15H14N2S3/c1-10-16-12(8-19-10)7-15-17-14(9-20-15)11-3-5-13(18-2)6-4-11/h3-6,8-9H,7H2,1-2H3. The molecule has 0 unspecified atom stereocenters. The SMILES string of the molecule is CSc1ccc(-c2csc(Cc3csc(C)n3)n2)cc1. The first-order valence-electron chi connectivity index (χ1n) is 6.24. The van der Waals surface area contributed by atoms with Crippen molar-refractivity contribution < 1.29 is 0 Å². The van der Waals surface area contributed by atoms with E-state index in [2.05, 4.69) is 46.3 Å². The summed E-state index contributed by atoms with van der Waals surface area (Å²) in [6, 6.07) is 8.56. The van der Waals surface area contributed by atoms with Crippen LogP contribution in [-0.4, -0.2) is 16.2 Å². The molecule has 2 aromatic heterocycles. The van der Waals surface area contributed by atoms with Gasteiger partial charge in [0.2, 0.25) is 0 Å². The molecule has 5 heteroatoms. The number of thioether (sulfide) groups is 1. The topological polar surface area (TPSA) is 25.8 Å². The van der Waals surface area contributed by atoms with Crippen LogP contribution in [0.2, 0.25) is 0 Å². The van der Waals surface area contributed by atoms with E-state index in [1.165, 1.54) is 10.5 Å². The largest absolute Gasteiger partial charge is 0.246 e. The van der Waals surface area contributed by atoms with Gasteiger partial charge in [0.1, 0.15) is 0 Å². The molecule has 0 spiro atoms. The lowest BCUT2D eigenvalue weighted by Gasteiger charge is -1.98. The van der Waals surface area contributed by atoms with Gasteiger partial charge < -0.3 is 0 Å². The molecule has 0 radical (unpaired) electrons. The highest BCUT2D eigenvalue weighted by Crippen LogP contribution is 2.25. The van der Waals surface area contributed by atoms with E-state index in [1.54, 1.807) is 34.4 Å². The Morgan fingerprint density at radius 3 is 2.50 bits per heavy atom. The van der Waals surface area contributed by atoms with Crippen LogP contribution in [0.4, 0.5) is 0 Å². The first-order chi connectivity index (χ1) is 9.74. The predicted octanol–water partition coefficient (Wildman–Crippen LogP) is 4.89. The lowest BCUT2D eigenvalue weighted by molar-refractivity contribution is 1.06. The molecule has 0 aliphatic heterocycles. The van der Waals surface area contributed by atoms with E-state index >= 15 is 0 Å². The number of hydrogen-bond donors (Lipinski definition) is 0. The molecule has 0 N–H and O–H groups in total. The molecule has 102 valence electrons. The van der Waals surface area contributed by atoms with Gasteiger partial charge >= 0.3 is 0 Å². The first kappa shape index (κ1) is 13.8. The van der Waals surface area contributed by atoms with Crippen LogP contribution in [0.15, 0.2) is 39.9 Å². The third-order valence-corrected chi connectivity index (χ3v) is 5.35. The molecule has 0 atom stereocenters. The van der Waals surface area contributed by atoms with E-state index in [0.717, 1.165) is 27.8 Å². The second kappa shape index (κ2) is 6.08. The van der Waals surface area contributed by atoms with Gasteiger partial charge in [-0.2, -0.15) is 0 Å². The number of benzene rings is 1. The molecule has 1 aromatic carbocycles. The highest BCUT2D eigenvalue weighted by molar-refractivity contribution is 7.98. The molecule has 3 rings (SSSR count). The van der Waals surface area contributed by atoms with Gasteiger partial charge in [0.15, 0.2) is 0 Å². The second-order valence-corrected chi connectivity index (χ2v) is 7.27. The van der Waals surface area contributed by atoms with Crippen molar-refractivity contribution in [2.24, 2.45) is 0 Å². The fourth-order valence-corrected chi connectivity index (χ4v) is 3.77. The molecule has 0 bridgehead atoms. The van der Waals surface area contributed by atoms with Gasteiger partial charge in [0.05, 0.1) is 21.4 Å². The third kappa shape index (κ3) is 3.11. The Morgan fingerprint density at radius 2 is 1.85 bits per heavy atom. The Balaban J connectivity index is 1.78. The minimum Gasteiger partial charge on any atom is -0.246 e. The number of thiazole rings is 2. The molecule has 20 heavy (non-hydrogen) atoms. The second-order valence-electron chi connectivity index (χ2n) is 4.39. The first-order valence-corrected chi connectivity index (χ1v) is 9.23. The molecule has 3 aromatic rings. The molecule has 2 heterocycles. The fourth-order valence-electron chi connectivity index (χ4n) is 1.93. The van der Waals surface area contributed by atoms with E-state index in [0.29, 0.717) is 0 Å². The predicted molar refractivity (Wildman–Crippen MR) is 89.0 cm³/mol. The number of hydrogen-bond acceptors (Lipinski definition) is 5. The minimum atomic E-state index is 0.831. The molecule has 0 saturated heterocycles. The van der Waals surface area contributed by atoms with Crippen molar-refractivity contribution in [2.75, 3.05) is 6.26 Å². The maximum absolute atomic E-state index is 4.72. The number of rotatable bonds is 4. The Labute approximate surface area is 130 Å². The summed E-state index contributed by atoms with van der Waals surface area (Å²) in [6.07, 6.45) is 2.92. The van der Waals surface area contributed by atoms with Crippen LogP contribution in [0.25, 0.3) is 11.3 Å². The van der Waals surface area contributed by atoms with Crippen molar-refractivity contribution in [1.82, 2.24) is 9.97 Å². The van der Waals surface area contributed by atoms with Gasteiger partial charge in [-0.3, -0.25) is 0 Å². The van der Waals surface area contributed by atoms with Gasteiger partial charge in [-0.05, 0) is 25.3 Å². The zero-order chi connectivity index (χ0) is 13.9. The average molecular weight is 318 g/mol. The zero-order valence-electron chi connectivity index (χ0n) is 11.3. The Bertz CT molecular complexity index is 698. The summed E-state index contributed by atoms with van der Waals surface area (Å²) >= 11 is 5.16. The van der Waals surface area contributed by atoms with E-state index in [4.69, 9.17) is 4.98 Å². The van der Waals surface area contributed by atoms with E-state index < -0.39 is 0 Å². The van der Waals surface area contributed by atoms with Crippen molar-refractivity contribution in [1.29, 1.82) is 0 Å². The molecular weight excluding hydrogens is 304 g/mol. The summed E-state index contributed by atoms with van der Waals surface area (Å²) in [5, 5.41) is 6.48. The molecule has 0 amide bonds.